The van der Waals surface area contributed by atoms with Gasteiger partial charge < -0.3 is 20.1 Å². The highest BCUT2D eigenvalue weighted by Gasteiger charge is 1.96. The molecule has 0 spiro atoms. The Morgan fingerprint density at radius 1 is 1.12 bits per heavy atom. The van der Waals surface area contributed by atoms with Crippen LogP contribution in [0.1, 0.15) is 19.3 Å². The van der Waals surface area contributed by atoms with E-state index >= 15 is 0 Å². The summed E-state index contributed by atoms with van der Waals surface area (Å²) in [5.41, 5.74) is 0. The number of hydrogen-bond acceptors (Lipinski definition) is 4. The van der Waals surface area contributed by atoms with E-state index in [1.807, 2.05) is 0 Å². The number of hydrogen-bond donors (Lipinski definition) is 2. The molecule has 0 aliphatic carbocycles. The zero-order chi connectivity index (χ0) is 12.1. The molecule has 0 radical (unpaired) electrons. The van der Waals surface area contributed by atoms with E-state index < -0.39 is 0 Å². The number of methoxy groups -OCH3 is 1. The second kappa shape index (κ2) is 12.4. The van der Waals surface area contributed by atoms with Crippen molar-refractivity contribution in [3.63, 3.8) is 0 Å². The summed E-state index contributed by atoms with van der Waals surface area (Å²) in [5, 5.41) is 5.80. The molecule has 0 aromatic carbocycles. The van der Waals surface area contributed by atoms with Crippen molar-refractivity contribution >= 4 is 5.91 Å². The summed E-state index contributed by atoms with van der Waals surface area (Å²) >= 11 is 0. The predicted molar refractivity (Wildman–Crippen MR) is 63.5 cm³/mol. The summed E-state index contributed by atoms with van der Waals surface area (Å²) in [6, 6.07) is 0. The van der Waals surface area contributed by atoms with Gasteiger partial charge in [0.25, 0.3) is 0 Å². The van der Waals surface area contributed by atoms with Crippen molar-refractivity contribution < 1.29 is 14.3 Å². The number of carbonyl (C=O) groups excluding carboxylic acids is 1. The SMILES string of the molecule is CNC(=O)CCNCCCCOCCOC. The van der Waals surface area contributed by atoms with E-state index in [-0.39, 0.29) is 5.91 Å². The molecule has 0 rings (SSSR count). The van der Waals surface area contributed by atoms with Gasteiger partial charge in [-0.1, -0.05) is 0 Å². The summed E-state index contributed by atoms with van der Waals surface area (Å²) in [7, 11) is 3.32. The molecule has 5 nitrogen and oxygen atoms in total. The fraction of sp³-hybridized carbons (Fsp3) is 0.909. The molecule has 0 atom stereocenters. The molecule has 16 heavy (non-hydrogen) atoms. The van der Waals surface area contributed by atoms with Crippen molar-refractivity contribution in [2.24, 2.45) is 0 Å². The summed E-state index contributed by atoms with van der Waals surface area (Å²) in [5.74, 6) is 0.0791. The number of amides is 1. The Bertz CT molecular complexity index is 165. The summed E-state index contributed by atoms with van der Waals surface area (Å²) in [6.07, 6.45) is 2.65. The normalized spacial score (nSPS) is 10.4. The predicted octanol–water partition coefficient (Wildman–Crippen LogP) is 0.155. The Morgan fingerprint density at radius 2 is 1.94 bits per heavy atom. The lowest BCUT2D eigenvalue weighted by atomic mass is 10.3. The van der Waals surface area contributed by atoms with Gasteiger partial charge in [0.15, 0.2) is 0 Å². The van der Waals surface area contributed by atoms with Gasteiger partial charge in [-0.25, -0.2) is 0 Å². The smallest absolute Gasteiger partial charge is 0.221 e. The minimum Gasteiger partial charge on any atom is -0.382 e. The number of unbranched alkanes of at least 4 members (excludes halogenated alkanes) is 1. The fourth-order valence-corrected chi connectivity index (χ4v) is 1.15. The van der Waals surface area contributed by atoms with Crippen LogP contribution in [0.25, 0.3) is 0 Å². The van der Waals surface area contributed by atoms with Gasteiger partial charge in [0.05, 0.1) is 13.2 Å². The van der Waals surface area contributed by atoms with Gasteiger partial charge in [-0.15, -0.1) is 0 Å². The molecule has 0 bridgehead atoms. The number of rotatable bonds is 11. The van der Waals surface area contributed by atoms with E-state index in [0.29, 0.717) is 19.6 Å². The average Bonchev–Trinajstić information content (AvgIpc) is 2.31. The lowest BCUT2D eigenvalue weighted by molar-refractivity contribution is -0.120. The molecular formula is C11H24N2O3. The van der Waals surface area contributed by atoms with Crippen molar-refractivity contribution in [1.29, 1.82) is 0 Å². The van der Waals surface area contributed by atoms with E-state index in [1.54, 1.807) is 14.2 Å². The minimum atomic E-state index is 0.0791. The maximum atomic E-state index is 10.9. The maximum Gasteiger partial charge on any atom is 0.221 e. The van der Waals surface area contributed by atoms with Crippen LogP contribution in [-0.4, -0.2) is 53.0 Å². The van der Waals surface area contributed by atoms with E-state index in [2.05, 4.69) is 10.6 Å². The first kappa shape index (κ1) is 15.3. The van der Waals surface area contributed by atoms with Crippen LogP contribution in [0.3, 0.4) is 0 Å². The second-order valence-electron chi connectivity index (χ2n) is 3.49. The van der Waals surface area contributed by atoms with Gasteiger partial charge in [0.1, 0.15) is 0 Å². The van der Waals surface area contributed by atoms with Crippen molar-refractivity contribution in [1.82, 2.24) is 10.6 Å². The Hall–Kier alpha value is -0.650. The Morgan fingerprint density at radius 3 is 2.62 bits per heavy atom. The van der Waals surface area contributed by atoms with Crippen LogP contribution in [0.5, 0.6) is 0 Å². The van der Waals surface area contributed by atoms with Crippen molar-refractivity contribution in [2.45, 2.75) is 19.3 Å². The molecular weight excluding hydrogens is 208 g/mol. The van der Waals surface area contributed by atoms with E-state index in [4.69, 9.17) is 9.47 Å². The van der Waals surface area contributed by atoms with Crippen LogP contribution in [0.4, 0.5) is 0 Å². The van der Waals surface area contributed by atoms with Crippen LogP contribution in [-0.2, 0) is 14.3 Å². The van der Waals surface area contributed by atoms with Crippen LogP contribution in [0, 0.1) is 0 Å². The molecule has 0 heterocycles. The summed E-state index contributed by atoms with van der Waals surface area (Å²) in [4.78, 5) is 10.9. The lowest BCUT2D eigenvalue weighted by Crippen LogP contribution is -2.25. The molecule has 0 saturated heterocycles. The maximum absolute atomic E-state index is 10.9. The molecule has 5 heteroatoms. The Balaban J connectivity index is 2.96. The topological polar surface area (TPSA) is 59.6 Å². The molecule has 0 aliphatic rings. The van der Waals surface area contributed by atoms with Gasteiger partial charge in [0.2, 0.25) is 5.91 Å². The monoisotopic (exact) mass is 232 g/mol. The highest BCUT2D eigenvalue weighted by molar-refractivity contribution is 5.75. The van der Waals surface area contributed by atoms with Crippen molar-refractivity contribution in [3.8, 4) is 0 Å². The van der Waals surface area contributed by atoms with Gasteiger partial charge in [-0.05, 0) is 19.4 Å². The van der Waals surface area contributed by atoms with Crippen LogP contribution >= 0.6 is 0 Å². The molecule has 1 amide bonds. The van der Waals surface area contributed by atoms with E-state index in [9.17, 15) is 4.79 Å². The number of nitrogens with one attached hydrogen (secondary N) is 2. The number of ether oxygens (including phenoxy) is 2. The molecule has 96 valence electrons. The molecule has 0 unspecified atom stereocenters. The largest absolute Gasteiger partial charge is 0.382 e. The fourth-order valence-electron chi connectivity index (χ4n) is 1.15. The zero-order valence-electron chi connectivity index (χ0n) is 10.4. The van der Waals surface area contributed by atoms with Gasteiger partial charge in [-0.2, -0.15) is 0 Å². The van der Waals surface area contributed by atoms with Crippen LogP contribution in [0.15, 0.2) is 0 Å². The zero-order valence-corrected chi connectivity index (χ0v) is 10.4. The third kappa shape index (κ3) is 11.4. The van der Waals surface area contributed by atoms with E-state index in [0.717, 1.165) is 32.5 Å². The van der Waals surface area contributed by atoms with Gasteiger partial charge >= 0.3 is 0 Å². The summed E-state index contributed by atoms with van der Waals surface area (Å²) in [6.45, 7) is 3.78. The first-order valence-corrected chi connectivity index (χ1v) is 5.79. The third-order valence-electron chi connectivity index (χ3n) is 2.13. The number of carbonyl (C=O) groups is 1. The molecule has 0 saturated carbocycles. The van der Waals surface area contributed by atoms with Crippen molar-refractivity contribution in [3.05, 3.63) is 0 Å². The first-order valence-electron chi connectivity index (χ1n) is 5.79. The lowest BCUT2D eigenvalue weighted by Gasteiger charge is -2.05. The van der Waals surface area contributed by atoms with Crippen LogP contribution in [0.2, 0.25) is 0 Å². The molecule has 0 aliphatic heterocycles. The standard InChI is InChI=1S/C11H24N2O3/c1-12-11(14)5-7-13-6-3-4-8-16-10-9-15-2/h13H,3-10H2,1-2H3,(H,12,14). The second-order valence-corrected chi connectivity index (χ2v) is 3.49. The van der Waals surface area contributed by atoms with Crippen LogP contribution < -0.4 is 10.6 Å². The van der Waals surface area contributed by atoms with Gasteiger partial charge in [-0.3, -0.25) is 4.79 Å². The molecule has 2 N–H and O–H groups in total. The minimum absolute atomic E-state index is 0.0791. The molecule has 0 fully saturated rings. The van der Waals surface area contributed by atoms with Crippen molar-refractivity contribution in [2.75, 3.05) is 47.1 Å². The van der Waals surface area contributed by atoms with Gasteiger partial charge in [0, 0.05) is 33.7 Å². The highest BCUT2D eigenvalue weighted by Crippen LogP contribution is 1.89. The Kier molecular flexibility index (Phi) is 11.9. The quantitative estimate of drug-likeness (QED) is 0.498. The Labute approximate surface area is 97.9 Å². The molecule has 0 aromatic heterocycles. The van der Waals surface area contributed by atoms with E-state index in [1.165, 1.54) is 0 Å². The average molecular weight is 232 g/mol. The molecule has 0 aromatic rings. The highest BCUT2D eigenvalue weighted by atomic mass is 16.5. The summed E-state index contributed by atoms with van der Waals surface area (Å²) < 4.78 is 10.2. The first-order chi connectivity index (χ1) is 7.81. The third-order valence-corrected chi connectivity index (χ3v) is 2.13.